The van der Waals surface area contributed by atoms with Gasteiger partial charge in [-0.05, 0) is 56.6 Å². The first-order chi connectivity index (χ1) is 8.19. The van der Waals surface area contributed by atoms with Crippen molar-refractivity contribution in [1.82, 2.24) is 4.90 Å². The zero-order valence-corrected chi connectivity index (χ0v) is 9.90. The van der Waals surface area contributed by atoms with Gasteiger partial charge < -0.3 is 10.8 Å². The summed E-state index contributed by atoms with van der Waals surface area (Å²) in [5, 5.41) is 9.65. The molecule has 4 heteroatoms. The zero-order valence-electron chi connectivity index (χ0n) is 9.90. The van der Waals surface area contributed by atoms with Gasteiger partial charge in [0.2, 0.25) is 0 Å². The smallest absolute Gasteiger partial charge is 0.123 e. The minimum Gasteiger partial charge on any atom is -0.508 e. The van der Waals surface area contributed by atoms with Crippen LogP contribution in [0.3, 0.4) is 0 Å². The van der Waals surface area contributed by atoms with Crippen molar-refractivity contribution in [2.75, 3.05) is 19.6 Å². The molecular weight excluding hydrogens is 219 g/mol. The molecule has 1 aromatic carbocycles. The Morgan fingerprint density at radius 1 is 1.35 bits per heavy atom. The molecule has 0 atom stereocenters. The van der Waals surface area contributed by atoms with Gasteiger partial charge in [0.15, 0.2) is 0 Å². The van der Waals surface area contributed by atoms with Gasteiger partial charge in [0, 0.05) is 12.1 Å². The molecule has 1 fully saturated rings. The number of rotatable bonds is 3. The summed E-state index contributed by atoms with van der Waals surface area (Å²) in [4.78, 5) is 2.24. The fourth-order valence-electron chi connectivity index (χ4n) is 2.30. The van der Waals surface area contributed by atoms with E-state index in [0.29, 0.717) is 18.0 Å². The Bertz CT molecular complexity index is 376. The van der Waals surface area contributed by atoms with Crippen molar-refractivity contribution in [1.29, 1.82) is 0 Å². The van der Waals surface area contributed by atoms with Gasteiger partial charge in [-0.2, -0.15) is 0 Å². The van der Waals surface area contributed by atoms with E-state index >= 15 is 0 Å². The van der Waals surface area contributed by atoms with Gasteiger partial charge in [-0.25, -0.2) is 4.39 Å². The average molecular weight is 238 g/mol. The maximum absolute atomic E-state index is 13.1. The van der Waals surface area contributed by atoms with Crippen molar-refractivity contribution in [3.05, 3.63) is 29.6 Å². The van der Waals surface area contributed by atoms with Gasteiger partial charge in [0.25, 0.3) is 0 Å². The van der Waals surface area contributed by atoms with Gasteiger partial charge >= 0.3 is 0 Å². The van der Waals surface area contributed by atoms with Crippen LogP contribution in [0, 0.1) is 11.7 Å². The van der Waals surface area contributed by atoms with E-state index in [1.165, 1.54) is 18.2 Å². The van der Waals surface area contributed by atoms with Crippen LogP contribution in [0.5, 0.6) is 5.75 Å². The first kappa shape index (κ1) is 12.3. The van der Waals surface area contributed by atoms with E-state index in [-0.39, 0.29) is 11.6 Å². The number of nitrogens with zero attached hydrogens (tertiary/aromatic N) is 1. The third kappa shape index (κ3) is 3.17. The summed E-state index contributed by atoms with van der Waals surface area (Å²) in [7, 11) is 0. The van der Waals surface area contributed by atoms with Crippen LogP contribution in [0.4, 0.5) is 4.39 Å². The SMILES string of the molecule is NCC1CCN(Cc2cc(F)ccc2O)CC1. The van der Waals surface area contributed by atoms with Crippen LogP contribution >= 0.6 is 0 Å². The van der Waals surface area contributed by atoms with Crippen LogP contribution in [0.2, 0.25) is 0 Å². The fraction of sp³-hybridized carbons (Fsp3) is 0.538. The normalized spacial score (nSPS) is 18.5. The highest BCUT2D eigenvalue weighted by Crippen LogP contribution is 2.23. The van der Waals surface area contributed by atoms with Crippen LogP contribution < -0.4 is 5.73 Å². The molecule has 3 N–H and O–H groups in total. The molecule has 0 aliphatic carbocycles. The maximum Gasteiger partial charge on any atom is 0.123 e. The zero-order chi connectivity index (χ0) is 12.3. The second-order valence-corrected chi connectivity index (χ2v) is 4.73. The number of benzene rings is 1. The van der Waals surface area contributed by atoms with E-state index in [1.54, 1.807) is 0 Å². The van der Waals surface area contributed by atoms with Crippen molar-refractivity contribution in [2.24, 2.45) is 11.7 Å². The molecule has 1 heterocycles. The van der Waals surface area contributed by atoms with E-state index < -0.39 is 0 Å². The van der Waals surface area contributed by atoms with Crippen LogP contribution in [0.1, 0.15) is 18.4 Å². The lowest BCUT2D eigenvalue weighted by Crippen LogP contribution is -2.35. The molecule has 3 nitrogen and oxygen atoms in total. The van der Waals surface area contributed by atoms with Crippen LogP contribution in [-0.2, 0) is 6.54 Å². The molecule has 94 valence electrons. The van der Waals surface area contributed by atoms with Gasteiger partial charge in [-0.1, -0.05) is 0 Å². The lowest BCUT2D eigenvalue weighted by atomic mass is 9.97. The molecule has 0 amide bonds. The Kier molecular flexibility index (Phi) is 3.97. The first-order valence-corrected chi connectivity index (χ1v) is 6.09. The number of phenolic OH excluding ortho intramolecular Hbond substituents is 1. The van der Waals surface area contributed by atoms with Crippen molar-refractivity contribution < 1.29 is 9.50 Å². The van der Waals surface area contributed by atoms with Gasteiger partial charge in [-0.3, -0.25) is 4.90 Å². The van der Waals surface area contributed by atoms with Crippen molar-refractivity contribution in [3.8, 4) is 5.75 Å². The minimum absolute atomic E-state index is 0.173. The number of aromatic hydroxyl groups is 1. The Hall–Kier alpha value is -1.13. The fourth-order valence-corrected chi connectivity index (χ4v) is 2.30. The Balaban J connectivity index is 1.95. The third-order valence-corrected chi connectivity index (χ3v) is 3.48. The van der Waals surface area contributed by atoms with E-state index in [0.717, 1.165) is 32.5 Å². The number of nitrogens with two attached hydrogens (primary N) is 1. The Morgan fingerprint density at radius 3 is 2.71 bits per heavy atom. The van der Waals surface area contributed by atoms with Gasteiger partial charge in [-0.15, -0.1) is 0 Å². The third-order valence-electron chi connectivity index (χ3n) is 3.48. The van der Waals surface area contributed by atoms with Crippen LogP contribution in [-0.4, -0.2) is 29.6 Å². The number of likely N-dealkylation sites (tertiary alicyclic amines) is 1. The molecule has 1 aliphatic rings. The molecule has 0 bridgehead atoms. The molecule has 0 aromatic heterocycles. The number of halogens is 1. The molecular formula is C13H19FN2O. The highest BCUT2D eigenvalue weighted by atomic mass is 19.1. The molecule has 1 aliphatic heterocycles. The number of hydrogen-bond donors (Lipinski definition) is 2. The summed E-state index contributed by atoms with van der Waals surface area (Å²) in [6.07, 6.45) is 2.18. The predicted octanol–water partition coefficient (Wildman–Crippen LogP) is 1.70. The van der Waals surface area contributed by atoms with Gasteiger partial charge in [0.1, 0.15) is 11.6 Å². The summed E-state index contributed by atoms with van der Waals surface area (Å²) >= 11 is 0. The van der Waals surface area contributed by atoms with Crippen molar-refractivity contribution in [3.63, 3.8) is 0 Å². The van der Waals surface area contributed by atoms with Crippen molar-refractivity contribution in [2.45, 2.75) is 19.4 Å². The summed E-state index contributed by atoms with van der Waals surface area (Å²) in [6, 6.07) is 4.10. The molecule has 2 rings (SSSR count). The molecule has 1 saturated heterocycles. The standard InChI is InChI=1S/C13H19FN2O/c14-12-1-2-13(17)11(7-12)9-16-5-3-10(8-15)4-6-16/h1-2,7,10,17H,3-6,8-9,15H2. The van der Waals surface area contributed by atoms with E-state index in [4.69, 9.17) is 5.73 Å². The monoisotopic (exact) mass is 238 g/mol. The number of piperidine rings is 1. The van der Waals surface area contributed by atoms with Crippen LogP contribution in [0.25, 0.3) is 0 Å². The summed E-state index contributed by atoms with van der Waals surface area (Å²) in [5.74, 6) is 0.495. The van der Waals surface area contributed by atoms with Crippen molar-refractivity contribution >= 4 is 0 Å². The molecule has 0 radical (unpaired) electrons. The molecule has 17 heavy (non-hydrogen) atoms. The number of hydrogen-bond acceptors (Lipinski definition) is 3. The second kappa shape index (κ2) is 5.47. The Labute approximate surface area is 101 Å². The highest BCUT2D eigenvalue weighted by Gasteiger charge is 2.18. The Morgan fingerprint density at radius 2 is 2.06 bits per heavy atom. The maximum atomic E-state index is 13.1. The minimum atomic E-state index is -0.297. The van der Waals surface area contributed by atoms with Gasteiger partial charge in [0.05, 0.1) is 0 Å². The summed E-state index contributed by atoms with van der Waals surface area (Å²) < 4.78 is 13.1. The lowest BCUT2D eigenvalue weighted by molar-refractivity contribution is 0.179. The summed E-state index contributed by atoms with van der Waals surface area (Å²) in [6.45, 7) is 3.30. The molecule has 1 aromatic rings. The quantitative estimate of drug-likeness (QED) is 0.842. The molecule has 0 saturated carbocycles. The number of phenols is 1. The summed E-state index contributed by atoms with van der Waals surface area (Å²) in [5.41, 5.74) is 6.30. The molecule has 0 unspecified atom stereocenters. The lowest BCUT2D eigenvalue weighted by Gasteiger charge is -2.31. The molecule has 0 spiro atoms. The largest absolute Gasteiger partial charge is 0.508 e. The average Bonchev–Trinajstić information content (AvgIpc) is 2.35. The van der Waals surface area contributed by atoms with E-state index in [1.807, 2.05) is 0 Å². The second-order valence-electron chi connectivity index (χ2n) is 4.73. The predicted molar refractivity (Wildman–Crippen MR) is 65.1 cm³/mol. The first-order valence-electron chi connectivity index (χ1n) is 6.09. The van der Waals surface area contributed by atoms with E-state index in [9.17, 15) is 9.50 Å². The van der Waals surface area contributed by atoms with E-state index in [2.05, 4.69) is 4.90 Å². The topological polar surface area (TPSA) is 49.5 Å². The van der Waals surface area contributed by atoms with Crippen LogP contribution in [0.15, 0.2) is 18.2 Å². The highest BCUT2D eigenvalue weighted by molar-refractivity contribution is 5.32.